The standard InChI is InChI=1S/C11H17N3O3/c1-2-17-11(16)4-3-10(15)13-6-5-9-7-12-8-14-9/h7-8H,2-6H2,1H3,(H,12,14)(H,13,15). The Hall–Kier alpha value is -1.85. The lowest BCUT2D eigenvalue weighted by Crippen LogP contribution is -2.26. The molecule has 94 valence electrons. The first-order valence-corrected chi connectivity index (χ1v) is 5.62. The molecule has 2 N–H and O–H groups in total. The van der Waals surface area contributed by atoms with E-state index < -0.39 is 0 Å². The molecule has 0 radical (unpaired) electrons. The van der Waals surface area contributed by atoms with Crippen LogP contribution in [-0.2, 0) is 20.7 Å². The van der Waals surface area contributed by atoms with Crippen molar-refractivity contribution < 1.29 is 14.3 Å². The molecule has 0 aliphatic carbocycles. The third-order valence-electron chi connectivity index (χ3n) is 2.13. The van der Waals surface area contributed by atoms with Crippen LogP contribution in [0.1, 0.15) is 25.5 Å². The minimum atomic E-state index is -0.337. The highest BCUT2D eigenvalue weighted by Crippen LogP contribution is 1.94. The van der Waals surface area contributed by atoms with Gasteiger partial charge in [-0.3, -0.25) is 9.59 Å². The summed E-state index contributed by atoms with van der Waals surface area (Å²) in [5.74, 6) is -0.478. The summed E-state index contributed by atoms with van der Waals surface area (Å²) in [4.78, 5) is 29.1. The molecule has 1 amide bonds. The minimum absolute atomic E-state index is 0.129. The summed E-state index contributed by atoms with van der Waals surface area (Å²) in [6, 6.07) is 0. The van der Waals surface area contributed by atoms with Gasteiger partial charge in [0.05, 0.1) is 19.4 Å². The Balaban J connectivity index is 2.07. The summed E-state index contributed by atoms with van der Waals surface area (Å²) in [5.41, 5.74) is 0.968. The summed E-state index contributed by atoms with van der Waals surface area (Å²) in [7, 11) is 0. The monoisotopic (exact) mass is 239 g/mol. The number of ether oxygens (including phenoxy) is 1. The van der Waals surface area contributed by atoms with E-state index >= 15 is 0 Å². The number of hydrogen-bond acceptors (Lipinski definition) is 4. The van der Waals surface area contributed by atoms with Crippen LogP contribution in [0.15, 0.2) is 12.5 Å². The van der Waals surface area contributed by atoms with E-state index in [2.05, 4.69) is 15.3 Å². The van der Waals surface area contributed by atoms with Crippen LogP contribution < -0.4 is 5.32 Å². The molecule has 1 rings (SSSR count). The van der Waals surface area contributed by atoms with Gasteiger partial charge in [0.1, 0.15) is 0 Å². The Labute approximate surface area is 99.8 Å². The van der Waals surface area contributed by atoms with Gasteiger partial charge >= 0.3 is 5.97 Å². The SMILES string of the molecule is CCOC(=O)CCC(=O)NCCc1cnc[nH]1. The number of aromatic nitrogens is 2. The number of esters is 1. The number of amides is 1. The average molecular weight is 239 g/mol. The Morgan fingerprint density at radius 3 is 2.94 bits per heavy atom. The molecular weight excluding hydrogens is 222 g/mol. The van der Waals surface area contributed by atoms with E-state index in [9.17, 15) is 9.59 Å². The van der Waals surface area contributed by atoms with Gasteiger partial charge in [0.2, 0.25) is 5.91 Å². The second-order valence-corrected chi connectivity index (χ2v) is 3.48. The first kappa shape index (κ1) is 13.2. The predicted octanol–water partition coefficient (Wildman–Crippen LogP) is 0.412. The van der Waals surface area contributed by atoms with Gasteiger partial charge in [-0.1, -0.05) is 0 Å². The van der Waals surface area contributed by atoms with Gasteiger partial charge in [-0.15, -0.1) is 0 Å². The number of hydrogen-bond donors (Lipinski definition) is 2. The van der Waals surface area contributed by atoms with Crippen molar-refractivity contribution in [3.63, 3.8) is 0 Å². The highest BCUT2D eigenvalue weighted by molar-refractivity contribution is 5.81. The van der Waals surface area contributed by atoms with Crippen molar-refractivity contribution >= 4 is 11.9 Å². The van der Waals surface area contributed by atoms with E-state index in [1.807, 2.05) is 0 Å². The molecule has 1 aromatic heterocycles. The predicted molar refractivity (Wildman–Crippen MR) is 61.2 cm³/mol. The third-order valence-corrected chi connectivity index (χ3v) is 2.13. The molecule has 1 heterocycles. The summed E-state index contributed by atoms with van der Waals surface area (Å²) in [6.07, 6.45) is 4.30. The van der Waals surface area contributed by atoms with E-state index in [-0.39, 0.29) is 24.7 Å². The van der Waals surface area contributed by atoms with Crippen molar-refractivity contribution in [2.75, 3.05) is 13.2 Å². The Morgan fingerprint density at radius 1 is 1.47 bits per heavy atom. The summed E-state index contributed by atoms with van der Waals surface area (Å²) in [6.45, 7) is 2.62. The van der Waals surface area contributed by atoms with Crippen LogP contribution >= 0.6 is 0 Å². The van der Waals surface area contributed by atoms with Gasteiger partial charge in [-0.25, -0.2) is 4.98 Å². The van der Waals surface area contributed by atoms with Crippen LogP contribution in [0, 0.1) is 0 Å². The molecule has 0 aromatic carbocycles. The molecule has 6 heteroatoms. The Morgan fingerprint density at radius 2 is 2.29 bits per heavy atom. The fraction of sp³-hybridized carbons (Fsp3) is 0.545. The van der Waals surface area contributed by atoms with Gasteiger partial charge in [-0.05, 0) is 6.92 Å². The van der Waals surface area contributed by atoms with Crippen LogP contribution in [-0.4, -0.2) is 35.0 Å². The van der Waals surface area contributed by atoms with Gasteiger partial charge in [0.25, 0.3) is 0 Å². The topological polar surface area (TPSA) is 84.1 Å². The van der Waals surface area contributed by atoms with Crippen LogP contribution in [0.2, 0.25) is 0 Å². The summed E-state index contributed by atoms with van der Waals surface area (Å²) >= 11 is 0. The Kier molecular flexibility index (Phi) is 5.77. The van der Waals surface area contributed by atoms with E-state index in [0.717, 1.165) is 5.69 Å². The lowest BCUT2D eigenvalue weighted by molar-refractivity contribution is -0.144. The number of imidazole rings is 1. The molecular formula is C11H17N3O3. The zero-order valence-corrected chi connectivity index (χ0v) is 9.86. The number of aromatic amines is 1. The van der Waals surface area contributed by atoms with Gasteiger partial charge < -0.3 is 15.0 Å². The average Bonchev–Trinajstić information content (AvgIpc) is 2.80. The maximum Gasteiger partial charge on any atom is 0.306 e. The highest BCUT2D eigenvalue weighted by atomic mass is 16.5. The number of nitrogens with one attached hydrogen (secondary N) is 2. The molecule has 0 spiro atoms. The quantitative estimate of drug-likeness (QED) is 0.675. The van der Waals surface area contributed by atoms with Crippen molar-refractivity contribution in [3.05, 3.63) is 18.2 Å². The molecule has 0 unspecified atom stereocenters. The highest BCUT2D eigenvalue weighted by Gasteiger charge is 2.06. The Bertz CT molecular complexity index is 349. The van der Waals surface area contributed by atoms with Crippen LogP contribution in [0.3, 0.4) is 0 Å². The van der Waals surface area contributed by atoms with E-state index in [1.165, 1.54) is 0 Å². The fourth-order valence-electron chi connectivity index (χ4n) is 1.30. The smallest absolute Gasteiger partial charge is 0.306 e. The van der Waals surface area contributed by atoms with Gasteiger partial charge in [0, 0.05) is 31.3 Å². The van der Waals surface area contributed by atoms with Gasteiger partial charge in [-0.2, -0.15) is 0 Å². The lowest BCUT2D eigenvalue weighted by atomic mass is 10.3. The van der Waals surface area contributed by atoms with Crippen molar-refractivity contribution in [3.8, 4) is 0 Å². The van der Waals surface area contributed by atoms with E-state index in [0.29, 0.717) is 19.6 Å². The number of carbonyl (C=O) groups is 2. The lowest BCUT2D eigenvalue weighted by Gasteiger charge is -2.04. The second-order valence-electron chi connectivity index (χ2n) is 3.48. The van der Waals surface area contributed by atoms with Crippen LogP contribution in [0.5, 0.6) is 0 Å². The normalized spacial score (nSPS) is 9.94. The molecule has 0 saturated heterocycles. The number of H-pyrrole nitrogens is 1. The number of rotatable bonds is 7. The molecule has 1 aromatic rings. The van der Waals surface area contributed by atoms with Crippen molar-refractivity contribution in [2.24, 2.45) is 0 Å². The molecule has 17 heavy (non-hydrogen) atoms. The molecule has 0 aliphatic heterocycles. The largest absolute Gasteiger partial charge is 0.466 e. The maximum atomic E-state index is 11.3. The van der Waals surface area contributed by atoms with Crippen LogP contribution in [0.25, 0.3) is 0 Å². The third kappa shape index (κ3) is 5.70. The molecule has 6 nitrogen and oxygen atoms in total. The molecule has 0 fully saturated rings. The van der Waals surface area contributed by atoms with Crippen LogP contribution in [0.4, 0.5) is 0 Å². The van der Waals surface area contributed by atoms with E-state index in [4.69, 9.17) is 4.74 Å². The molecule has 0 aliphatic rings. The van der Waals surface area contributed by atoms with Crippen molar-refractivity contribution in [2.45, 2.75) is 26.2 Å². The first-order valence-electron chi connectivity index (χ1n) is 5.62. The maximum absolute atomic E-state index is 11.3. The minimum Gasteiger partial charge on any atom is -0.466 e. The molecule has 0 atom stereocenters. The van der Waals surface area contributed by atoms with Crippen molar-refractivity contribution in [1.29, 1.82) is 0 Å². The molecule has 0 bridgehead atoms. The summed E-state index contributed by atoms with van der Waals surface area (Å²) in [5, 5.41) is 2.72. The first-order chi connectivity index (χ1) is 8.22. The summed E-state index contributed by atoms with van der Waals surface area (Å²) < 4.78 is 4.72. The second kappa shape index (κ2) is 7.43. The number of carbonyl (C=O) groups excluding carboxylic acids is 2. The number of nitrogens with zero attached hydrogens (tertiary/aromatic N) is 1. The van der Waals surface area contributed by atoms with E-state index in [1.54, 1.807) is 19.4 Å². The van der Waals surface area contributed by atoms with Crippen molar-refractivity contribution in [1.82, 2.24) is 15.3 Å². The van der Waals surface area contributed by atoms with Gasteiger partial charge in [0.15, 0.2) is 0 Å². The molecule has 0 saturated carbocycles. The zero-order chi connectivity index (χ0) is 12.5. The zero-order valence-electron chi connectivity index (χ0n) is 9.86. The fourth-order valence-corrected chi connectivity index (χ4v) is 1.30.